The van der Waals surface area contributed by atoms with Crippen molar-refractivity contribution < 1.29 is 49.8 Å². The molecule has 2 N–H and O–H groups in total. The van der Waals surface area contributed by atoms with Crippen molar-refractivity contribution in [1.82, 2.24) is 0 Å². The monoisotopic (exact) mass is 690 g/mol. The maximum Gasteiger partial charge on any atom is 0.501 e. The number of alkyl halides is 6. The van der Waals surface area contributed by atoms with Gasteiger partial charge in [-0.2, -0.15) is 26.3 Å². The Kier molecular flexibility index (Phi) is 10.7. The van der Waals surface area contributed by atoms with Crippen molar-refractivity contribution in [2.24, 2.45) is 0 Å². The molecule has 0 spiro atoms. The number of hydrogen-bond acceptors (Lipinski definition) is 3. The minimum absolute atomic E-state index is 0.182. The Morgan fingerprint density at radius 2 is 1.09 bits per heavy atom. The third-order valence-electron chi connectivity index (χ3n) is 6.59. The number of carbonyl (C=O) groups is 1. The van der Waals surface area contributed by atoms with Crippen molar-refractivity contribution in [3.63, 3.8) is 0 Å². The Morgan fingerprint density at radius 3 is 1.62 bits per heavy atom. The minimum atomic E-state index is -5.82. The Labute approximate surface area is 269 Å². The normalized spacial score (nSPS) is 12.4. The van der Waals surface area contributed by atoms with Gasteiger partial charge in [0.1, 0.15) is 5.05 Å². The van der Waals surface area contributed by atoms with Gasteiger partial charge in [0.05, 0.1) is 16.0 Å². The van der Waals surface area contributed by atoms with Gasteiger partial charge in [0.15, 0.2) is 0 Å². The summed E-state index contributed by atoms with van der Waals surface area (Å²) in [6.07, 6.45) is -4.72. The largest absolute Gasteiger partial charge is 0.501 e. The van der Waals surface area contributed by atoms with Gasteiger partial charge < -0.3 is 10.2 Å². The van der Waals surface area contributed by atoms with Crippen LogP contribution in [-0.4, -0.2) is 35.2 Å². The third kappa shape index (κ3) is 8.56. The van der Waals surface area contributed by atoms with Crippen LogP contribution in [0.3, 0.4) is 0 Å². The zero-order chi connectivity index (χ0) is 34.4. The lowest BCUT2D eigenvalue weighted by Gasteiger charge is -2.15. The van der Waals surface area contributed by atoms with E-state index in [1.807, 2.05) is 42.5 Å². The lowest BCUT2D eigenvalue weighted by Crippen LogP contribution is -2.24. The van der Waals surface area contributed by atoms with E-state index in [-0.39, 0.29) is 32.9 Å². The van der Waals surface area contributed by atoms with Gasteiger partial charge in [-0.3, -0.25) is 0 Å². The number of carboxylic acids is 1. The molecular weight excluding hydrogens is 666 g/mol. The van der Waals surface area contributed by atoms with E-state index in [0.717, 1.165) is 41.5 Å². The van der Waals surface area contributed by atoms with Crippen LogP contribution in [0.5, 0.6) is 0 Å². The molecule has 0 aromatic heterocycles. The van der Waals surface area contributed by atoms with Crippen LogP contribution in [0.1, 0.15) is 21.5 Å². The maximum absolute atomic E-state index is 13.3. The maximum atomic E-state index is 13.3. The van der Waals surface area contributed by atoms with Gasteiger partial charge in [0.25, 0.3) is 9.84 Å². The SMILES string of the molecule is O=C(O)c1ccc(-c2ccccc2)cc1.O=S(=O)(c1cc(C(O)=[SH]c2ccccc2C(F)(F)F)ccc1-c1ccccc1)C(F)(F)F. The average Bonchev–Trinajstić information content (AvgIpc) is 3.05. The van der Waals surface area contributed by atoms with E-state index in [0.29, 0.717) is 11.6 Å². The van der Waals surface area contributed by atoms with E-state index in [4.69, 9.17) is 5.11 Å². The van der Waals surface area contributed by atoms with Crippen LogP contribution in [0.25, 0.3) is 22.3 Å². The number of aromatic carboxylic acids is 1. The Hall–Kier alpha value is -4.72. The first kappa shape index (κ1) is 35.1. The van der Waals surface area contributed by atoms with E-state index >= 15 is 0 Å². The third-order valence-corrected chi connectivity index (χ3v) is 9.22. The predicted octanol–water partition coefficient (Wildman–Crippen LogP) is 9.28. The quantitative estimate of drug-likeness (QED) is 0.0939. The fraction of sp³-hybridized carbons (Fsp3) is 0.0588. The first-order valence-electron chi connectivity index (χ1n) is 13.4. The number of rotatable bonds is 6. The minimum Gasteiger partial charge on any atom is -0.478 e. The fourth-order valence-electron chi connectivity index (χ4n) is 4.29. The number of hydrogen-bond donors (Lipinski definition) is 3. The molecule has 5 aromatic carbocycles. The molecule has 5 aromatic rings. The highest BCUT2D eigenvalue weighted by Crippen LogP contribution is 2.38. The molecule has 0 amide bonds. The topological polar surface area (TPSA) is 91.7 Å². The number of aliphatic hydroxyl groups excluding tert-OH is 1. The van der Waals surface area contributed by atoms with Crippen LogP contribution < -0.4 is 0 Å². The summed E-state index contributed by atoms with van der Waals surface area (Å²) >= 11 is -0.356. The molecule has 0 fully saturated rings. The highest BCUT2D eigenvalue weighted by Gasteiger charge is 2.48. The van der Waals surface area contributed by atoms with Crippen LogP contribution in [0.2, 0.25) is 0 Å². The molecular formula is C34H24F6O5S2. The molecule has 0 saturated heterocycles. The second-order valence-electron chi connectivity index (χ2n) is 9.72. The summed E-state index contributed by atoms with van der Waals surface area (Å²) in [4.78, 5) is 9.19. The summed E-state index contributed by atoms with van der Waals surface area (Å²) in [5, 5.41) is 18.4. The van der Waals surface area contributed by atoms with Gasteiger partial charge in [0.2, 0.25) is 0 Å². The van der Waals surface area contributed by atoms with Crippen molar-refractivity contribution in [3.8, 4) is 22.3 Å². The molecule has 13 heteroatoms. The first-order valence-corrected chi connectivity index (χ1v) is 15.8. The van der Waals surface area contributed by atoms with E-state index in [1.165, 1.54) is 30.3 Å². The van der Waals surface area contributed by atoms with E-state index in [9.17, 15) is 44.7 Å². The van der Waals surface area contributed by atoms with Gasteiger partial charge in [-0.05, 0) is 47.0 Å². The van der Waals surface area contributed by atoms with E-state index in [1.54, 1.807) is 18.2 Å². The van der Waals surface area contributed by atoms with Crippen LogP contribution in [0.4, 0.5) is 26.3 Å². The summed E-state index contributed by atoms with van der Waals surface area (Å²) in [7, 11) is -5.82. The van der Waals surface area contributed by atoms with Crippen LogP contribution in [-0.2, 0) is 16.0 Å². The Balaban J connectivity index is 0.000000277. The summed E-state index contributed by atoms with van der Waals surface area (Å²) in [5.41, 5.74) is -4.65. The van der Waals surface area contributed by atoms with Crippen molar-refractivity contribution in [2.45, 2.75) is 21.5 Å². The number of benzene rings is 5. The second-order valence-corrected chi connectivity index (χ2v) is 12.8. The molecule has 0 heterocycles. The molecule has 0 aliphatic heterocycles. The number of thiol groups is 1. The van der Waals surface area contributed by atoms with E-state index in [2.05, 4.69) is 0 Å². The first-order chi connectivity index (χ1) is 22.1. The van der Waals surface area contributed by atoms with Crippen LogP contribution in [0, 0.1) is 0 Å². The lowest BCUT2D eigenvalue weighted by molar-refractivity contribution is -0.139. The van der Waals surface area contributed by atoms with E-state index < -0.39 is 43.0 Å². The summed E-state index contributed by atoms with van der Waals surface area (Å²) in [6.45, 7) is 0. The average molecular weight is 691 g/mol. The Morgan fingerprint density at radius 1 is 0.596 bits per heavy atom. The predicted molar refractivity (Wildman–Crippen MR) is 169 cm³/mol. The fourth-order valence-corrected chi connectivity index (χ4v) is 6.28. The highest BCUT2D eigenvalue weighted by molar-refractivity contribution is 7.98. The van der Waals surface area contributed by atoms with Crippen LogP contribution >= 0.6 is 11.4 Å². The van der Waals surface area contributed by atoms with Crippen molar-refractivity contribution in [3.05, 3.63) is 144 Å². The smallest absolute Gasteiger partial charge is 0.478 e. The molecule has 0 bridgehead atoms. The second kappa shape index (κ2) is 14.4. The van der Waals surface area contributed by atoms with Crippen molar-refractivity contribution in [2.75, 3.05) is 0 Å². The van der Waals surface area contributed by atoms with Crippen molar-refractivity contribution >= 4 is 32.2 Å². The summed E-state index contributed by atoms with van der Waals surface area (Å²) < 4.78 is 104. The molecule has 5 rings (SSSR count). The molecule has 0 saturated carbocycles. The molecule has 5 nitrogen and oxygen atoms in total. The molecule has 0 aliphatic rings. The Bertz CT molecular complexity index is 1990. The molecule has 244 valence electrons. The summed E-state index contributed by atoms with van der Waals surface area (Å²) in [6, 6.07) is 31.3. The lowest BCUT2D eigenvalue weighted by atomic mass is 10.0. The van der Waals surface area contributed by atoms with Crippen molar-refractivity contribution in [1.29, 1.82) is 0 Å². The number of halogens is 6. The molecule has 47 heavy (non-hydrogen) atoms. The highest BCUT2D eigenvalue weighted by atomic mass is 32.2. The summed E-state index contributed by atoms with van der Waals surface area (Å²) in [5.74, 6) is -0.894. The molecule has 0 unspecified atom stereocenters. The van der Waals surface area contributed by atoms with Gasteiger partial charge in [-0.15, -0.1) is 11.4 Å². The molecule has 0 radical (unpaired) electrons. The molecule has 0 atom stereocenters. The zero-order valence-corrected chi connectivity index (χ0v) is 25.6. The molecule has 0 aliphatic carbocycles. The standard InChI is InChI=1S/C21H14F6O3S2.C13H10O2/c22-20(23,24)16-8-4-5-9-17(16)31-19(28)14-10-11-15(13-6-2-1-3-7-13)18(12-14)32(29,30)21(25,26)27;14-13(15)12-8-6-11(7-9-12)10-4-2-1-3-5-10/h1-12,28,31H;1-9H,(H,14,15). The zero-order valence-electron chi connectivity index (χ0n) is 23.9. The van der Waals surface area contributed by atoms with Gasteiger partial charge in [-0.1, -0.05) is 97.1 Å². The van der Waals surface area contributed by atoms with Crippen LogP contribution in [0.15, 0.2) is 137 Å². The van der Waals surface area contributed by atoms with Gasteiger partial charge in [-0.25, -0.2) is 13.2 Å². The van der Waals surface area contributed by atoms with Gasteiger partial charge in [0, 0.05) is 16.0 Å². The number of sulfone groups is 1. The number of aliphatic hydroxyl groups is 1. The van der Waals surface area contributed by atoms with Gasteiger partial charge >= 0.3 is 17.7 Å². The number of carboxylic acid groups (broad SMARTS) is 1.